The van der Waals surface area contributed by atoms with Crippen molar-refractivity contribution in [2.24, 2.45) is 0 Å². The second-order valence-corrected chi connectivity index (χ2v) is 5.62. The van der Waals surface area contributed by atoms with E-state index in [0.29, 0.717) is 22.9 Å². The Balaban J connectivity index is 2.04. The molecule has 0 fully saturated rings. The molecule has 0 aliphatic heterocycles. The highest BCUT2D eigenvalue weighted by molar-refractivity contribution is 9.10. The van der Waals surface area contributed by atoms with E-state index >= 15 is 0 Å². The fourth-order valence-electron chi connectivity index (χ4n) is 1.78. The summed E-state index contributed by atoms with van der Waals surface area (Å²) < 4.78 is 0.962. The van der Waals surface area contributed by atoms with Crippen LogP contribution in [0.15, 0.2) is 41.0 Å². The van der Waals surface area contributed by atoms with Gasteiger partial charge in [-0.1, -0.05) is 45.7 Å². The summed E-state index contributed by atoms with van der Waals surface area (Å²) in [6, 6.07) is 9.35. The highest BCUT2D eigenvalue weighted by Gasteiger charge is 2.10. The molecule has 0 saturated carbocycles. The topological polar surface area (TPSA) is 54.0 Å². The molecule has 110 valence electrons. The molecule has 21 heavy (non-hydrogen) atoms. The number of pyridine rings is 1. The number of amides is 1. The average molecular weight is 369 g/mol. The molecule has 0 radical (unpaired) electrons. The molecule has 1 aromatic carbocycles. The molecule has 0 atom stereocenters. The number of hydrogen-bond donors (Lipinski definition) is 2. The third kappa shape index (κ3) is 4.19. The largest absolute Gasteiger partial charge is 0.369 e. The van der Waals surface area contributed by atoms with Gasteiger partial charge >= 0.3 is 0 Å². The molecule has 2 N–H and O–H groups in total. The molecule has 2 aromatic rings. The number of nitrogens with zero attached hydrogens (tertiary/aromatic N) is 1. The van der Waals surface area contributed by atoms with Crippen LogP contribution in [0.1, 0.15) is 22.8 Å². The number of carbonyl (C=O) groups excluding carboxylic acids is 1. The van der Waals surface area contributed by atoms with Gasteiger partial charge in [-0.3, -0.25) is 4.79 Å². The zero-order chi connectivity index (χ0) is 15.2. The summed E-state index contributed by atoms with van der Waals surface area (Å²) in [6.07, 6.45) is 1.51. The molecule has 0 unspecified atom stereocenters. The van der Waals surface area contributed by atoms with Crippen LogP contribution in [-0.2, 0) is 6.54 Å². The zero-order valence-corrected chi connectivity index (χ0v) is 13.8. The van der Waals surface area contributed by atoms with E-state index in [4.69, 9.17) is 11.6 Å². The Morgan fingerprint density at radius 2 is 2.14 bits per heavy atom. The number of rotatable bonds is 5. The summed E-state index contributed by atoms with van der Waals surface area (Å²) in [6.45, 7) is 3.11. The van der Waals surface area contributed by atoms with Crippen LogP contribution in [0.4, 0.5) is 5.82 Å². The number of carbonyl (C=O) groups is 1. The molecule has 4 nitrogen and oxygen atoms in total. The van der Waals surface area contributed by atoms with Gasteiger partial charge in [-0.2, -0.15) is 0 Å². The Kier molecular flexibility index (Phi) is 5.59. The van der Waals surface area contributed by atoms with Crippen LogP contribution in [0, 0.1) is 0 Å². The lowest BCUT2D eigenvalue weighted by Crippen LogP contribution is -2.23. The van der Waals surface area contributed by atoms with Gasteiger partial charge in [0.15, 0.2) is 0 Å². The smallest absolute Gasteiger partial charge is 0.253 e. The van der Waals surface area contributed by atoms with E-state index in [1.165, 1.54) is 6.20 Å². The SMILES string of the molecule is CCNc1ncc(C(=O)NCc2ccccc2Br)cc1Cl. The van der Waals surface area contributed by atoms with Crippen molar-refractivity contribution in [3.63, 3.8) is 0 Å². The van der Waals surface area contributed by atoms with E-state index in [1.807, 2.05) is 31.2 Å². The molecule has 0 saturated heterocycles. The minimum absolute atomic E-state index is 0.205. The van der Waals surface area contributed by atoms with Crippen molar-refractivity contribution >= 4 is 39.3 Å². The Hall–Kier alpha value is -1.59. The van der Waals surface area contributed by atoms with Gasteiger partial charge in [0.2, 0.25) is 0 Å². The molecule has 0 spiro atoms. The number of hydrogen-bond acceptors (Lipinski definition) is 3. The third-order valence-electron chi connectivity index (χ3n) is 2.84. The van der Waals surface area contributed by atoms with Gasteiger partial charge in [0.1, 0.15) is 5.82 Å². The van der Waals surface area contributed by atoms with E-state index < -0.39 is 0 Å². The summed E-state index contributed by atoms with van der Waals surface area (Å²) in [5.74, 6) is 0.379. The maximum atomic E-state index is 12.1. The van der Waals surface area contributed by atoms with E-state index in [0.717, 1.165) is 16.6 Å². The number of halogens is 2. The lowest BCUT2D eigenvalue weighted by Gasteiger charge is -2.09. The minimum Gasteiger partial charge on any atom is -0.369 e. The van der Waals surface area contributed by atoms with Crippen molar-refractivity contribution in [1.29, 1.82) is 0 Å². The van der Waals surface area contributed by atoms with Crippen molar-refractivity contribution in [3.05, 3.63) is 57.2 Å². The van der Waals surface area contributed by atoms with Crippen molar-refractivity contribution in [3.8, 4) is 0 Å². The molecular formula is C15H15BrClN3O. The summed E-state index contributed by atoms with van der Waals surface area (Å²) in [4.78, 5) is 16.3. The third-order valence-corrected chi connectivity index (χ3v) is 3.91. The maximum Gasteiger partial charge on any atom is 0.253 e. The van der Waals surface area contributed by atoms with E-state index in [-0.39, 0.29) is 5.91 Å². The van der Waals surface area contributed by atoms with Crippen LogP contribution in [0.25, 0.3) is 0 Å². The van der Waals surface area contributed by atoms with Gasteiger partial charge in [0.05, 0.1) is 10.6 Å². The van der Waals surface area contributed by atoms with Gasteiger partial charge in [0, 0.05) is 23.8 Å². The van der Waals surface area contributed by atoms with Crippen molar-refractivity contribution in [1.82, 2.24) is 10.3 Å². The molecule has 0 aliphatic rings. The highest BCUT2D eigenvalue weighted by atomic mass is 79.9. The van der Waals surface area contributed by atoms with Gasteiger partial charge in [-0.25, -0.2) is 4.98 Å². The standard InChI is InChI=1S/C15H15BrClN3O/c1-2-18-14-13(17)7-11(9-19-14)15(21)20-8-10-5-3-4-6-12(10)16/h3-7,9H,2,8H2,1H3,(H,18,19)(H,20,21). The Morgan fingerprint density at radius 1 is 1.38 bits per heavy atom. The van der Waals surface area contributed by atoms with Crippen LogP contribution >= 0.6 is 27.5 Å². The summed E-state index contributed by atoms with van der Waals surface area (Å²) in [7, 11) is 0. The van der Waals surface area contributed by atoms with Gasteiger partial charge < -0.3 is 10.6 Å². The Morgan fingerprint density at radius 3 is 2.81 bits per heavy atom. The number of anilines is 1. The number of nitrogens with one attached hydrogen (secondary N) is 2. The second-order valence-electron chi connectivity index (χ2n) is 4.36. The van der Waals surface area contributed by atoms with Crippen LogP contribution in [-0.4, -0.2) is 17.4 Å². The first-order valence-electron chi connectivity index (χ1n) is 6.53. The zero-order valence-electron chi connectivity index (χ0n) is 11.5. The average Bonchev–Trinajstić information content (AvgIpc) is 2.48. The van der Waals surface area contributed by atoms with Crippen LogP contribution in [0.3, 0.4) is 0 Å². The molecule has 2 rings (SSSR count). The number of benzene rings is 1. The first kappa shape index (κ1) is 15.8. The fourth-order valence-corrected chi connectivity index (χ4v) is 2.44. The molecule has 6 heteroatoms. The molecule has 0 aliphatic carbocycles. The summed E-state index contributed by atoms with van der Waals surface area (Å²) >= 11 is 9.53. The van der Waals surface area contributed by atoms with Crippen LogP contribution in [0.2, 0.25) is 5.02 Å². The quantitative estimate of drug-likeness (QED) is 0.842. The lowest BCUT2D eigenvalue weighted by atomic mass is 10.2. The predicted molar refractivity (Wildman–Crippen MR) is 88.7 cm³/mol. The van der Waals surface area contributed by atoms with E-state index in [2.05, 4.69) is 31.5 Å². The molecule has 0 bridgehead atoms. The first-order valence-corrected chi connectivity index (χ1v) is 7.70. The van der Waals surface area contributed by atoms with Crippen LogP contribution < -0.4 is 10.6 Å². The van der Waals surface area contributed by atoms with Crippen molar-refractivity contribution < 1.29 is 4.79 Å². The Labute approximate surface area is 137 Å². The van der Waals surface area contributed by atoms with Gasteiger partial charge in [-0.05, 0) is 24.6 Å². The number of aromatic nitrogens is 1. The first-order chi connectivity index (χ1) is 10.1. The minimum atomic E-state index is -0.205. The molecule has 1 heterocycles. The van der Waals surface area contributed by atoms with E-state index in [9.17, 15) is 4.79 Å². The van der Waals surface area contributed by atoms with Crippen molar-refractivity contribution in [2.75, 3.05) is 11.9 Å². The second kappa shape index (κ2) is 7.43. The Bertz CT molecular complexity index is 649. The highest BCUT2D eigenvalue weighted by Crippen LogP contribution is 2.20. The monoisotopic (exact) mass is 367 g/mol. The van der Waals surface area contributed by atoms with Gasteiger partial charge in [0.25, 0.3) is 5.91 Å². The van der Waals surface area contributed by atoms with Crippen LogP contribution in [0.5, 0.6) is 0 Å². The summed E-state index contributed by atoms with van der Waals surface area (Å²) in [5.41, 5.74) is 1.45. The summed E-state index contributed by atoms with van der Waals surface area (Å²) in [5, 5.41) is 6.31. The fraction of sp³-hybridized carbons (Fsp3) is 0.200. The molecular weight excluding hydrogens is 354 g/mol. The molecule has 1 aromatic heterocycles. The normalized spacial score (nSPS) is 10.2. The van der Waals surface area contributed by atoms with Crippen molar-refractivity contribution in [2.45, 2.75) is 13.5 Å². The predicted octanol–water partition coefficient (Wildman–Crippen LogP) is 3.86. The maximum absolute atomic E-state index is 12.1. The van der Waals surface area contributed by atoms with E-state index in [1.54, 1.807) is 6.07 Å². The lowest BCUT2D eigenvalue weighted by molar-refractivity contribution is 0.0950. The molecule has 1 amide bonds. The van der Waals surface area contributed by atoms with Gasteiger partial charge in [-0.15, -0.1) is 0 Å².